The number of nitrogens with zero attached hydrogens (tertiary/aromatic N) is 1. The zero-order valence-electron chi connectivity index (χ0n) is 13.9. The molecule has 1 N–H and O–H groups in total. The summed E-state index contributed by atoms with van der Waals surface area (Å²) in [7, 11) is 1.60. The monoisotopic (exact) mass is 331 g/mol. The number of thiophene rings is 1. The molecule has 3 nitrogen and oxygen atoms in total. The third-order valence-corrected chi connectivity index (χ3v) is 5.86. The highest BCUT2D eigenvalue weighted by Gasteiger charge is 2.25. The molecule has 0 spiro atoms. The highest BCUT2D eigenvalue weighted by atomic mass is 32.1. The Morgan fingerprint density at radius 3 is 2.87 bits per heavy atom. The molecule has 1 saturated heterocycles. The van der Waals surface area contributed by atoms with Crippen molar-refractivity contribution in [2.75, 3.05) is 13.7 Å². The smallest absolute Gasteiger partial charge is 0.162 e. The summed E-state index contributed by atoms with van der Waals surface area (Å²) in [6.07, 6.45) is 5.00. The summed E-state index contributed by atoms with van der Waals surface area (Å²) < 4.78 is 5.25. The summed E-state index contributed by atoms with van der Waals surface area (Å²) in [6.45, 7) is 4.06. The number of benzene rings is 1. The van der Waals surface area contributed by atoms with Crippen LogP contribution >= 0.6 is 11.3 Å². The average molecular weight is 331 g/mol. The van der Waals surface area contributed by atoms with Gasteiger partial charge in [-0.15, -0.1) is 11.3 Å². The minimum Gasteiger partial charge on any atom is -0.504 e. The molecule has 2 heterocycles. The Morgan fingerprint density at radius 1 is 1.26 bits per heavy atom. The van der Waals surface area contributed by atoms with Crippen molar-refractivity contribution < 1.29 is 9.84 Å². The number of rotatable bonds is 4. The fraction of sp³-hybridized carbons (Fsp3) is 0.474. The maximum absolute atomic E-state index is 10.4. The van der Waals surface area contributed by atoms with Crippen LogP contribution in [0.1, 0.15) is 47.7 Å². The Morgan fingerprint density at radius 2 is 2.13 bits per heavy atom. The minimum absolute atomic E-state index is 0.279. The predicted octanol–water partition coefficient (Wildman–Crippen LogP) is 4.89. The second kappa shape index (κ2) is 7.37. The lowest BCUT2D eigenvalue weighted by atomic mass is 10.0. The molecule has 0 bridgehead atoms. The van der Waals surface area contributed by atoms with Gasteiger partial charge in [0.15, 0.2) is 11.5 Å². The molecule has 1 aromatic carbocycles. The van der Waals surface area contributed by atoms with Crippen LogP contribution in [-0.4, -0.2) is 23.7 Å². The average Bonchev–Trinajstić information content (AvgIpc) is 2.84. The molecular weight excluding hydrogens is 306 g/mol. The van der Waals surface area contributed by atoms with E-state index in [1.807, 2.05) is 29.5 Å². The fourth-order valence-electron chi connectivity index (χ4n) is 3.46. The van der Waals surface area contributed by atoms with Crippen molar-refractivity contribution in [3.05, 3.63) is 45.6 Å². The van der Waals surface area contributed by atoms with Crippen LogP contribution in [0.5, 0.6) is 11.5 Å². The summed E-state index contributed by atoms with van der Waals surface area (Å²) in [6, 6.07) is 8.44. The molecule has 2 aromatic rings. The quantitative estimate of drug-likeness (QED) is 0.866. The molecule has 1 fully saturated rings. The Balaban J connectivity index is 1.87. The predicted molar refractivity (Wildman–Crippen MR) is 95.3 cm³/mol. The van der Waals surface area contributed by atoms with Gasteiger partial charge < -0.3 is 9.84 Å². The van der Waals surface area contributed by atoms with E-state index in [0.29, 0.717) is 11.8 Å². The van der Waals surface area contributed by atoms with Crippen molar-refractivity contribution in [2.24, 2.45) is 0 Å². The number of phenols is 1. The van der Waals surface area contributed by atoms with Crippen molar-refractivity contribution in [2.45, 2.75) is 45.2 Å². The van der Waals surface area contributed by atoms with Gasteiger partial charge in [-0.05, 0) is 49.4 Å². The summed E-state index contributed by atoms with van der Waals surface area (Å²) in [5, 5.41) is 12.6. The number of phenolic OH excluding ortho intramolecular Hbond substituents is 1. The highest BCUT2D eigenvalue weighted by molar-refractivity contribution is 7.10. The first-order valence-electron chi connectivity index (χ1n) is 8.33. The van der Waals surface area contributed by atoms with Gasteiger partial charge in [-0.25, -0.2) is 0 Å². The summed E-state index contributed by atoms with van der Waals surface area (Å²) in [4.78, 5) is 4.01. The van der Waals surface area contributed by atoms with Gasteiger partial charge in [-0.3, -0.25) is 4.90 Å². The summed E-state index contributed by atoms with van der Waals surface area (Å²) >= 11 is 1.86. The zero-order valence-corrected chi connectivity index (χ0v) is 14.7. The van der Waals surface area contributed by atoms with Crippen LogP contribution in [0.4, 0.5) is 0 Å². The van der Waals surface area contributed by atoms with E-state index in [-0.39, 0.29) is 5.75 Å². The number of ether oxygens (including phenoxy) is 1. The molecule has 1 aliphatic heterocycles. The number of likely N-dealkylation sites (tertiary alicyclic amines) is 1. The van der Waals surface area contributed by atoms with E-state index < -0.39 is 0 Å². The van der Waals surface area contributed by atoms with E-state index in [9.17, 15) is 5.11 Å². The molecule has 1 aliphatic rings. The lowest BCUT2D eigenvalue weighted by Crippen LogP contribution is -2.28. The fourth-order valence-corrected chi connectivity index (χ4v) is 4.56. The highest BCUT2D eigenvalue weighted by Crippen LogP contribution is 2.38. The van der Waals surface area contributed by atoms with E-state index >= 15 is 0 Å². The van der Waals surface area contributed by atoms with Crippen LogP contribution in [-0.2, 0) is 6.54 Å². The topological polar surface area (TPSA) is 32.7 Å². The largest absolute Gasteiger partial charge is 0.504 e. The first kappa shape index (κ1) is 16.3. The minimum atomic E-state index is 0.279. The van der Waals surface area contributed by atoms with Crippen molar-refractivity contribution in [3.8, 4) is 11.5 Å². The van der Waals surface area contributed by atoms with Gasteiger partial charge in [-0.1, -0.05) is 25.0 Å². The van der Waals surface area contributed by atoms with E-state index in [4.69, 9.17) is 4.74 Å². The molecule has 0 aliphatic carbocycles. The second-order valence-corrected chi connectivity index (χ2v) is 7.22. The molecule has 1 aromatic heterocycles. The van der Waals surface area contributed by atoms with Crippen molar-refractivity contribution in [3.63, 3.8) is 0 Å². The standard InChI is InChI=1S/C19H25NO2S/c1-14-10-12-23-19(14)16-8-4-3-5-11-20(16)13-15-7-6-9-17(22-2)18(15)21/h6-7,9-10,12,16,21H,3-5,8,11,13H2,1-2H3/t16-/m0/s1. The van der Waals surface area contributed by atoms with Crippen LogP contribution in [0.2, 0.25) is 0 Å². The van der Waals surface area contributed by atoms with Gasteiger partial charge in [-0.2, -0.15) is 0 Å². The molecule has 4 heteroatoms. The van der Waals surface area contributed by atoms with Crippen LogP contribution < -0.4 is 4.74 Å². The first-order valence-corrected chi connectivity index (χ1v) is 9.21. The van der Waals surface area contributed by atoms with E-state index in [1.54, 1.807) is 7.11 Å². The number of aromatic hydroxyl groups is 1. The lowest BCUT2D eigenvalue weighted by molar-refractivity contribution is 0.192. The molecule has 124 valence electrons. The van der Waals surface area contributed by atoms with Gasteiger partial charge in [0.2, 0.25) is 0 Å². The van der Waals surface area contributed by atoms with Crippen molar-refractivity contribution in [1.82, 2.24) is 4.90 Å². The molecule has 0 unspecified atom stereocenters. The zero-order chi connectivity index (χ0) is 16.2. The van der Waals surface area contributed by atoms with Gasteiger partial charge >= 0.3 is 0 Å². The summed E-state index contributed by atoms with van der Waals surface area (Å²) in [5.41, 5.74) is 2.34. The number of hydrogen-bond donors (Lipinski definition) is 1. The molecule has 23 heavy (non-hydrogen) atoms. The van der Waals surface area contributed by atoms with Crippen LogP contribution in [0, 0.1) is 6.92 Å². The number of para-hydroxylation sites is 1. The SMILES string of the molecule is COc1cccc(CN2CCCCC[C@H]2c2sccc2C)c1O. The Bertz CT molecular complexity index is 653. The molecule has 0 amide bonds. The van der Waals surface area contributed by atoms with Crippen LogP contribution in [0.15, 0.2) is 29.6 Å². The third kappa shape index (κ3) is 3.54. The van der Waals surface area contributed by atoms with Gasteiger partial charge in [0.1, 0.15) is 0 Å². The van der Waals surface area contributed by atoms with Crippen molar-refractivity contribution in [1.29, 1.82) is 0 Å². The van der Waals surface area contributed by atoms with Crippen LogP contribution in [0.3, 0.4) is 0 Å². The number of methoxy groups -OCH3 is 1. The Labute approximate surface area is 142 Å². The molecule has 0 saturated carbocycles. The molecule has 1 atom stereocenters. The van der Waals surface area contributed by atoms with E-state index in [1.165, 1.54) is 36.1 Å². The van der Waals surface area contributed by atoms with Gasteiger partial charge in [0.05, 0.1) is 7.11 Å². The Hall–Kier alpha value is -1.52. The Kier molecular flexibility index (Phi) is 5.23. The lowest BCUT2D eigenvalue weighted by Gasteiger charge is -2.30. The molecule has 0 radical (unpaired) electrons. The van der Waals surface area contributed by atoms with E-state index in [2.05, 4.69) is 23.3 Å². The first-order chi connectivity index (χ1) is 11.2. The van der Waals surface area contributed by atoms with Crippen molar-refractivity contribution >= 4 is 11.3 Å². The molecular formula is C19H25NO2S. The molecule has 3 rings (SSSR count). The van der Waals surface area contributed by atoms with Crippen LogP contribution in [0.25, 0.3) is 0 Å². The van der Waals surface area contributed by atoms with Gasteiger partial charge in [0.25, 0.3) is 0 Å². The second-order valence-electron chi connectivity index (χ2n) is 6.27. The number of hydrogen-bond acceptors (Lipinski definition) is 4. The van der Waals surface area contributed by atoms with E-state index in [0.717, 1.165) is 18.7 Å². The summed E-state index contributed by atoms with van der Waals surface area (Å²) in [5.74, 6) is 0.835. The normalized spacial score (nSPS) is 19.5. The maximum atomic E-state index is 10.4. The van der Waals surface area contributed by atoms with Gasteiger partial charge in [0, 0.05) is 23.0 Å². The maximum Gasteiger partial charge on any atom is 0.162 e. The number of aryl methyl sites for hydroxylation is 1. The third-order valence-electron chi connectivity index (χ3n) is 4.74.